The van der Waals surface area contributed by atoms with Crippen LogP contribution in [0.2, 0.25) is 0 Å². The first-order chi connectivity index (χ1) is 16.2. The minimum atomic E-state index is -4.57. The SMILES string of the molecule is CCCOc1cc(C2=CC(=O)C(=N)c3[nH]ncc32)ccc1OCc1ccc(N)cc1C(F)(F)F. The average molecular weight is 470 g/mol. The van der Waals surface area contributed by atoms with Crippen molar-refractivity contribution in [2.75, 3.05) is 12.3 Å². The Labute approximate surface area is 192 Å². The molecule has 0 fully saturated rings. The van der Waals surface area contributed by atoms with Crippen molar-refractivity contribution in [1.29, 1.82) is 5.41 Å². The molecule has 0 amide bonds. The summed E-state index contributed by atoms with van der Waals surface area (Å²) in [5, 5.41) is 14.5. The van der Waals surface area contributed by atoms with Gasteiger partial charge >= 0.3 is 6.18 Å². The Hall–Kier alpha value is -4.08. The van der Waals surface area contributed by atoms with Crippen LogP contribution in [0.3, 0.4) is 0 Å². The second kappa shape index (κ2) is 9.05. The highest BCUT2D eigenvalue weighted by Gasteiger charge is 2.33. The number of ketones is 1. The number of nitrogen functional groups attached to an aromatic ring is 1. The minimum absolute atomic E-state index is 0.00870. The Bertz CT molecular complexity index is 1290. The molecule has 0 saturated carbocycles. The molecule has 2 aromatic carbocycles. The number of ether oxygens (including phenoxy) is 2. The fourth-order valence-corrected chi connectivity index (χ4v) is 3.58. The number of benzene rings is 2. The number of nitrogens with two attached hydrogens (primary N) is 1. The molecule has 0 saturated heterocycles. The standard InChI is InChI=1S/C24H21F3N4O3/c1-2-7-33-21-8-13(16-10-19(32)22(29)23-17(16)11-30-31-23)4-6-20(21)34-12-14-3-5-15(28)9-18(14)24(25,26)27/h3-6,8-11,29H,2,7,12,28H2,1H3,(H,30,31). The first-order valence-electron chi connectivity index (χ1n) is 10.4. The zero-order chi connectivity index (χ0) is 24.5. The zero-order valence-corrected chi connectivity index (χ0v) is 18.1. The molecule has 3 aromatic rings. The van der Waals surface area contributed by atoms with Crippen molar-refractivity contribution >= 4 is 22.8 Å². The molecule has 1 heterocycles. The molecule has 0 aliphatic heterocycles. The minimum Gasteiger partial charge on any atom is -0.490 e. The molecule has 176 valence electrons. The van der Waals surface area contributed by atoms with Crippen LogP contribution < -0.4 is 15.2 Å². The van der Waals surface area contributed by atoms with E-state index in [9.17, 15) is 18.0 Å². The number of H-pyrrole nitrogens is 1. The van der Waals surface area contributed by atoms with Crippen LogP contribution in [-0.2, 0) is 17.6 Å². The molecule has 4 rings (SSSR count). The van der Waals surface area contributed by atoms with Crippen LogP contribution in [0.4, 0.5) is 18.9 Å². The van der Waals surface area contributed by atoms with Crippen molar-refractivity contribution in [3.63, 3.8) is 0 Å². The van der Waals surface area contributed by atoms with Crippen LogP contribution >= 0.6 is 0 Å². The molecule has 10 heteroatoms. The Morgan fingerprint density at radius 3 is 2.65 bits per heavy atom. The van der Waals surface area contributed by atoms with Crippen molar-refractivity contribution in [2.45, 2.75) is 26.1 Å². The molecule has 0 spiro atoms. The lowest BCUT2D eigenvalue weighted by Crippen LogP contribution is -2.18. The Morgan fingerprint density at radius 2 is 1.91 bits per heavy atom. The molecule has 1 aromatic heterocycles. The predicted molar refractivity (Wildman–Crippen MR) is 120 cm³/mol. The van der Waals surface area contributed by atoms with E-state index in [1.807, 2.05) is 6.92 Å². The van der Waals surface area contributed by atoms with Gasteiger partial charge in [0.2, 0.25) is 5.78 Å². The number of aromatic nitrogens is 2. The zero-order valence-electron chi connectivity index (χ0n) is 18.1. The largest absolute Gasteiger partial charge is 0.490 e. The Balaban J connectivity index is 1.66. The highest BCUT2D eigenvalue weighted by Crippen LogP contribution is 2.37. The normalized spacial score (nSPS) is 13.5. The number of allylic oxidation sites excluding steroid dienone is 1. The maximum absolute atomic E-state index is 13.4. The van der Waals surface area contributed by atoms with Gasteiger partial charge in [-0.2, -0.15) is 18.3 Å². The number of rotatable bonds is 7. The van der Waals surface area contributed by atoms with Crippen LogP contribution in [0, 0.1) is 5.41 Å². The summed E-state index contributed by atoms with van der Waals surface area (Å²) in [5.74, 6) is 0.110. The average Bonchev–Trinajstić information content (AvgIpc) is 3.29. The monoisotopic (exact) mass is 470 g/mol. The van der Waals surface area contributed by atoms with Crippen LogP contribution in [0.1, 0.15) is 41.3 Å². The molecule has 0 atom stereocenters. The van der Waals surface area contributed by atoms with E-state index in [4.69, 9.17) is 20.6 Å². The number of halogens is 3. The molecule has 0 radical (unpaired) electrons. The first-order valence-corrected chi connectivity index (χ1v) is 10.4. The summed E-state index contributed by atoms with van der Waals surface area (Å²) in [5.41, 5.74) is 6.52. The van der Waals surface area contributed by atoms with E-state index in [1.165, 1.54) is 24.4 Å². The lowest BCUT2D eigenvalue weighted by atomic mass is 9.90. The van der Waals surface area contributed by atoms with Crippen LogP contribution in [0.25, 0.3) is 5.57 Å². The van der Waals surface area contributed by atoms with Crippen LogP contribution in [0.15, 0.2) is 48.7 Å². The highest BCUT2D eigenvalue weighted by atomic mass is 19.4. The van der Waals surface area contributed by atoms with Gasteiger partial charge in [0, 0.05) is 16.8 Å². The fraction of sp³-hybridized carbons (Fsp3) is 0.208. The predicted octanol–water partition coefficient (Wildman–Crippen LogP) is 4.76. The molecule has 4 N–H and O–H groups in total. The molecule has 1 aliphatic rings. The van der Waals surface area contributed by atoms with Crippen molar-refractivity contribution < 1.29 is 27.4 Å². The van der Waals surface area contributed by atoms with Gasteiger partial charge in [-0.3, -0.25) is 15.3 Å². The van der Waals surface area contributed by atoms with E-state index in [2.05, 4.69) is 10.2 Å². The van der Waals surface area contributed by atoms with Crippen molar-refractivity contribution in [1.82, 2.24) is 10.2 Å². The number of hydrogen-bond acceptors (Lipinski definition) is 6. The number of carbonyl (C=O) groups is 1. The van der Waals surface area contributed by atoms with E-state index in [-0.39, 0.29) is 29.3 Å². The highest BCUT2D eigenvalue weighted by molar-refractivity contribution is 6.51. The van der Waals surface area contributed by atoms with Gasteiger partial charge in [0.1, 0.15) is 12.3 Å². The van der Waals surface area contributed by atoms with Crippen LogP contribution in [-0.4, -0.2) is 28.3 Å². The van der Waals surface area contributed by atoms with Gasteiger partial charge < -0.3 is 15.2 Å². The third-order valence-electron chi connectivity index (χ3n) is 5.24. The summed E-state index contributed by atoms with van der Waals surface area (Å²) in [4.78, 5) is 12.3. The summed E-state index contributed by atoms with van der Waals surface area (Å²) < 4.78 is 51.8. The lowest BCUT2D eigenvalue weighted by Gasteiger charge is -2.18. The second-order valence-corrected chi connectivity index (χ2v) is 7.67. The number of hydrogen-bond donors (Lipinski definition) is 3. The summed E-state index contributed by atoms with van der Waals surface area (Å²) in [6.45, 7) is 1.93. The van der Waals surface area contributed by atoms with Gasteiger partial charge in [-0.15, -0.1) is 0 Å². The number of anilines is 1. The molecule has 0 bridgehead atoms. The third-order valence-corrected chi connectivity index (χ3v) is 5.24. The quantitative estimate of drug-likeness (QED) is 0.431. The van der Waals surface area contributed by atoms with Gasteiger partial charge in [-0.1, -0.05) is 19.1 Å². The summed E-state index contributed by atoms with van der Waals surface area (Å²) >= 11 is 0. The molecular weight excluding hydrogens is 449 g/mol. The van der Waals surface area contributed by atoms with Crippen LogP contribution in [0.5, 0.6) is 11.5 Å². The summed E-state index contributed by atoms with van der Waals surface area (Å²) in [6, 6.07) is 8.46. The summed E-state index contributed by atoms with van der Waals surface area (Å²) in [7, 11) is 0. The Kier molecular flexibility index (Phi) is 6.14. The van der Waals surface area contributed by atoms with Crippen molar-refractivity contribution in [2.24, 2.45) is 0 Å². The molecule has 0 unspecified atom stereocenters. The molecule has 34 heavy (non-hydrogen) atoms. The van der Waals surface area contributed by atoms with E-state index < -0.39 is 17.5 Å². The van der Waals surface area contributed by atoms with Gasteiger partial charge in [0.05, 0.1) is 24.1 Å². The maximum atomic E-state index is 13.4. The van der Waals surface area contributed by atoms with E-state index in [0.29, 0.717) is 41.2 Å². The van der Waals surface area contributed by atoms with Gasteiger partial charge in [-0.25, -0.2) is 0 Å². The second-order valence-electron chi connectivity index (χ2n) is 7.67. The number of aromatic amines is 1. The van der Waals surface area contributed by atoms with E-state index in [0.717, 1.165) is 6.07 Å². The lowest BCUT2D eigenvalue weighted by molar-refractivity contribution is -0.138. The van der Waals surface area contributed by atoms with Crippen molar-refractivity contribution in [3.05, 3.63) is 76.6 Å². The number of carbonyl (C=O) groups excluding carboxylic acids is 1. The van der Waals surface area contributed by atoms with Gasteiger partial charge in [0.15, 0.2) is 11.5 Å². The first kappa shape index (κ1) is 23.1. The number of nitrogens with one attached hydrogen (secondary N) is 2. The maximum Gasteiger partial charge on any atom is 0.416 e. The fourth-order valence-electron chi connectivity index (χ4n) is 3.58. The van der Waals surface area contributed by atoms with E-state index >= 15 is 0 Å². The Morgan fingerprint density at radius 1 is 1.12 bits per heavy atom. The van der Waals surface area contributed by atoms with Crippen molar-refractivity contribution in [3.8, 4) is 11.5 Å². The number of alkyl halides is 3. The third kappa shape index (κ3) is 4.52. The van der Waals surface area contributed by atoms with E-state index in [1.54, 1.807) is 18.2 Å². The van der Waals surface area contributed by atoms with Gasteiger partial charge in [-0.05, 0) is 47.9 Å². The molecular formula is C24H21F3N4O3. The smallest absolute Gasteiger partial charge is 0.416 e. The number of nitrogens with zero attached hydrogens (tertiary/aromatic N) is 1. The molecule has 1 aliphatic carbocycles. The molecule has 7 nitrogen and oxygen atoms in total. The number of fused-ring (bicyclic) bond motifs is 1. The van der Waals surface area contributed by atoms with Gasteiger partial charge in [0.25, 0.3) is 0 Å². The topological polar surface area (TPSA) is 114 Å². The summed E-state index contributed by atoms with van der Waals surface area (Å²) in [6.07, 6.45) is -0.998.